The summed E-state index contributed by atoms with van der Waals surface area (Å²) in [5.74, 6) is 3.23. The SMILES string of the molecule is COc1cc(-n2cnc(Nc3nc(N4CCCC4C(N)=O)c4cccc(OC(C)C)c4n3)c2)cc(OC)c1OC. The zero-order valence-corrected chi connectivity index (χ0v) is 23.2. The summed E-state index contributed by atoms with van der Waals surface area (Å²) in [6.07, 6.45) is 4.91. The molecule has 1 aliphatic heterocycles. The van der Waals surface area contributed by atoms with E-state index in [2.05, 4.69) is 10.3 Å². The van der Waals surface area contributed by atoms with E-state index in [0.717, 1.165) is 17.5 Å². The van der Waals surface area contributed by atoms with E-state index in [0.29, 0.717) is 59.1 Å². The van der Waals surface area contributed by atoms with Gasteiger partial charge in [-0.2, -0.15) is 4.98 Å². The van der Waals surface area contributed by atoms with E-state index in [4.69, 9.17) is 34.6 Å². The molecule has 1 aliphatic rings. The number of para-hydroxylation sites is 1. The third-order valence-corrected chi connectivity index (χ3v) is 6.66. The number of primary amides is 1. The molecule has 12 heteroatoms. The third-order valence-electron chi connectivity index (χ3n) is 6.66. The maximum absolute atomic E-state index is 12.2. The van der Waals surface area contributed by atoms with Crippen LogP contribution in [-0.4, -0.2) is 65.4 Å². The molecule has 0 saturated carbocycles. The number of hydrogen-bond donors (Lipinski definition) is 2. The molecule has 1 atom stereocenters. The Morgan fingerprint density at radius 3 is 2.48 bits per heavy atom. The van der Waals surface area contributed by atoms with E-state index in [1.165, 1.54) is 0 Å². The van der Waals surface area contributed by atoms with Gasteiger partial charge < -0.3 is 39.5 Å². The molecule has 1 unspecified atom stereocenters. The molecule has 1 amide bonds. The number of carbonyl (C=O) groups is 1. The van der Waals surface area contributed by atoms with E-state index in [1.54, 1.807) is 33.9 Å². The van der Waals surface area contributed by atoms with Crippen LogP contribution in [0.25, 0.3) is 16.6 Å². The summed E-state index contributed by atoms with van der Waals surface area (Å²) in [6, 6.07) is 8.90. The van der Waals surface area contributed by atoms with Gasteiger partial charge in [-0.1, -0.05) is 6.07 Å². The Bertz CT molecular complexity index is 1510. The Balaban J connectivity index is 1.55. The van der Waals surface area contributed by atoms with Gasteiger partial charge in [-0.25, -0.2) is 9.97 Å². The van der Waals surface area contributed by atoms with Crippen LogP contribution in [0, 0.1) is 0 Å². The lowest BCUT2D eigenvalue weighted by molar-refractivity contribution is -0.119. The van der Waals surface area contributed by atoms with Crippen LogP contribution in [-0.2, 0) is 4.79 Å². The highest BCUT2D eigenvalue weighted by atomic mass is 16.5. The molecular formula is C28H33N7O5. The summed E-state index contributed by atoms with van der Waals surface area (Å²) >= 11 is 0. The summed E-state index contributed by atoms with van der Waals surface area (Å²) < 4.78 is 24.3. The Morgan fingerprint density at radius 1 is 1.07 bits per heavy atom. The van der Waals surface area contributed by atoms with Crippen molar-refractivity contribution in [1.29, 1.82) is 0 Å². The van der Waals surface area contributed by atoms with Gasteiger partial charge in [0.25, 0.3) is 0 Å². The first-order valence-corrected chi connectivity index (χ1v) is 13.0. The number of nitrogens with zero attached hydrogens (tertiary/aromatic N) is 5. The fourth-order valence-corrected chi connectivity index (χ4v) is 4.91. The molecule has 0 radical (unpaired) electrons. The predicted molar refractivity (Wildman–Crippen MR) is 151 cm³/mol. The Hall–Kier alpha value is -4.74. The van der Waals surface area contributed by atoms with E-state index < -0.39 is 6.04 Å². The Morgan fingerprint density at radius 2 is 1.82 bits per heavy atom. The van der Waals surface area contributed by atoms with Crippen molar-refractivity contribution < 1.29 is 23.7 Å². The number of hydrogen-bond acceptors (Lipinski definition) is 10. The van der Waals surface area contributed by atoms with E-state index >= 15 is 0 Å². The summed E-state index contributed by atoms with van der Waals surface area (Å²) in [7, 11) is 4.69. The number of nitrogens with one attached hydrogen (secondary N) is 1. The molecule has 0 bridgehead atoms. The molecule has 2 aromatic heterocycles. The van der Waals surface area contributed by atoms with Crippen LogP contribution in [0.2, 0.25) is 0 Å². The topological polar surface area (TPSA) is 139 Å². The van der Waals surface area contributed by atoms with E-state index in [9.17, 15) is 4.79 Å². The van der Waals surface area contributed by atoms with Gasteiger partial charge in [0.1, 0.15) is 29.5 Å². The van der Waals surface area contributed by atoms with Crippen molar-refractivity contribution in [1.82, 2.24) is 19.5 Å². The molecule has 40 heavy (non-hydrogen) atoms. The van der Waals surface area contributed by atoms with Crippen LogP contribution in [0.3, 0.4) is 0 Å². The monoisotopic (exact) mass is 547 g/mol. The second kappa shape index (κ2) is 11.2. The molecule has 0 spiro atoms. The zero-order valence-electron chi connectivity index (χ0n) is 23.2. The average molecular weight is 548 g/mol. The van der Waals surface area contributed by atoms with Crippen molar-refractivity contribution in [3.8, 4) is 28.7 Å². The van der Waals surface area contributed by atoms with Gasteiger partial charge in [0.15, 0.2) is 17.3 Å². The summed E-state index contributed by atoms with van der Waals surface area (Å²) in [5, 5.41) is 3.99. The number of nitrogens with two attached hydrogens (primary N) is 1. The summed E-state index contributed by atoms with van der Waals surface area (Å²) in [6.45, 7) is 4.57. The lowest BCUT2D eigenvalue weighted by Gasteiger charge is -2.25. The second-order valence-corrected chi connectivity index (χ2v) is 9.62. The number of methoxy groups -OCH3 is 3. The number of fused-ring (bicyclic) bond motifs is 1. The summed E-state index contributed by atoms with van der Waals surface area (Å²) in [4.78, 5) is 28.3. The third kappa shape index (κ3) is 5.12. The molecule has 2 aromatic carbocycles. The minimum atomic E-state index is -0.445. The maximum atomic E-state index is 12.2. The van der Waals surface area contributed by atoms with Crippen LogP contribution >= 0.6 is 0 Å². The largest absolute Gasteiger partial charge is 0.493 e. The second-order valence-electron chi connectivity index (χ2n) is 9.62. The fraction of sp³-hybridized carbons (Fsp3) is 0.357. The molecule has 1 fully saturated rings. The number of benzene rings is 2. The van der Waals surface area contributed by atoms with Gasteiger partial charge in [-0.3, -0.25) is 4.79 Å². The van der Waals surface area contributed by atoms with Crippen LogP contribution < -0.4 is 34.9 Å². The van der Waals surface area contributed by atoms with Crippen LogP contribution in [0.5, 0.6) is 23.0 Å². The average Bonchev–Trinajstić information content (AvgIpc) is 3.62. The first-order valence-electron chi connectivity index (χ1n) is 13.0. The van der Waals surface area contributed by atoms with Crippen molar-refractivity contribution in [3.63, 3.8) is 0 Å². The normalized spacial score (nSPS) is 14.9. The highest BCUT2D eigenvalue weighted by Crippen LogP contribution is 2.40. The summed E-state index contributed by atoms with van der Waals surface area (Å²) in [5.41, 5.74) is 7.12. The van der Waals surface area contributed by atoms with Gasteiger partial charge in [0.05, 0.1) is 39.3 Å². The Kier molecular flexibility index (Phi) is 7.50. The molecular weight excluding hydrogens is 514 g/mol. The molecule has 210 valence electrons. The highest BCUT2D eigenvalue weighted by molar-refractivity contribution is 5.96. The molecule has 12 nitrogen and oxygen atoms in total. The lowest BCUT2D eigenvalue weighted by atomic mass is 10.1. The van der Waals surface area contributed by atoms with Crippen molar-refractivity contribution in [2.75, 3.05) is 38.1 Å². The number of ether oxygens (including phenoxy) is 4. The molecule has 3 N–H and O–H groups in total. The van der Waals surface area contributed by atoms with Gasteiger partial charge in [-0.15, -0.1) is 0 Å². The van der Waals surface area contributed by atoms with E-state index in [-0.39, 0.29) is 12.0 Å². The zero-order chi connectivity index (χ0) is 28.4. The van der Waals surface area contributed by atoms with Gasteiger partial charge >= 0.3 is 0 Å². The minimum Gasteiger partial charge on any atom is -0.493 e. The van der Waals surface area contributed by atoms with Crippen molar-refractivity contribution in [2.45, 2.75) is 38.8 Å². The standard InChI is InChI=1S/C28H33N7O5/c1-16(2)40-20-10-6-8-18-24(20)32-28(33-27(18)35-11-7-9-19(35)26(29)36)31-23-14-34(15-30-23)17-12-21(37-3)25(39-5)22(13-17)38-4/h6,8,10,12-16,19H,7,9,11H2,1-5H3,(H2,29,36)(H,31,32,33). The van der Waals surface area contributed by atoms with Crippen molar-refractivity contribution in [2.24, 2.45) is 5.73 Å². The number of imidazole rings is 1. The first-order chi connectivity index (χ1) is 19.3. The fourth-order valence-electron chi connectivity index (χ4n) is 4.91. The molecule has 4 aromatic rings. The number of aromatic nitrogens is 4. The number of carbonyl (C=O) groups excluding carboxylic acids is 1. The van der Waals surface area contributed by atoms with Gasteiger partial charge in [0, 0.05) is 24.1 Å². The number of anilines is 3. The van der Waals surface area contributed by atoms with Crippen molar-refractivity contribution >= 4 is 34.4 Å². The van der Waals surface area contributed by atoms with Crippen molar-refractivity contribution in [3.05, 3.63) is 42.9 Å². The first kappa shape index (κ1) is 26.9. The van der Waals surface area contributed by atoms with Gasteiger partial charge in [0.2, 0.25) is 17.6 Å². The van der Waals surface area contributed by atoms with Crippen LogP contribution in [0.1, 0.15) is 26.7 Å². The highest BCUT2D eigenvalue weighted by Gasteiger charge is 2.32. The van der Waals surface area contributed by atoms with Crippen LogP contribution in [0.15, 0.2) is 42.9 Å². The molecule has 0 aliphatic carbocycles. The number of amides is 1. The molecule has 3 heterocycles. The molecule has 1 saturated heterocycles. The van der Waals surface area contributed by atoms with E-state index in [1.807, 2.05) is 53.6 Å². The van der Waals surface area contributed by atoms with Crippen LogP contribution in [0.4, 0.5) is 17.6 Å². The van der Waals surface area contributed by atoms with Gasteiger partial charge in [-0.05, 0) is 38.8 Å². The lowest BCUT2D eigenvalue weighted by Crippen LogP contribution is -2.41. The Labute approximate surface area is 232 Å². The predicted octanol–water partition coefficient (Wildman–Crippen LogP) is 3.83. The molecule has 5 rings (SSSR count). The number of rotatable bonds is 10. The smallest absolute Gasteiger partial charge is 0.240 e. The quantitative estimate of drug-likeness (QED) is 0.301. The minimum absolute atomic E-state index is 0.0558. The maximum Gasteiger partial charge on any atom is 0.240 e.